The Labute approximate surface area is 104 Å². The third-order valence-electron chi connectivity index (χ3n) is 2.85. The van der Waals surface area contributed by atoms with Crippen molar-refractivity contribution in [3.05, 3.63) is 40.5 Å². The molecule has 0 atom stereocenters. The lowest BCUT2D eigenvalue weighted by molar-refractivity contribution is 0.524. The van der Waals surface area contributed by atoms with Gasteiger partial charge in [-0.25, -0.2) is 0 Å². The normalized spacial score (nSPS) is 12.0. The van der Waals surface area contributed by atoms with Gasteiger partial charge in [-0.05, 0) is 24.3 Å². The monoisotopic (exact) mass is 278 g/mol. The molecule has 0 amide bonds. The van der Waals surface area contributed by atoms with Gasteiger partial charge in [0.05, 0.1) is 5.52 Å². The zero-order chi connectivity index (χ0) is 11.8. The Morgan fingerprint density at radius 2 is 2.00 bits per heavy atom. The molecule has 1 aromatic heterocycles. The predicted molar refractivity (Wildman–Crippen MR) is 71.5 cm³/mol. The van der Waals surface area contributed by atoms with E-state index in [1.54, 1.807) is 0 Å². The van der Waals surface area contributed by atoms with Gasteiger partial charge < -0.3 is 5.73 Å². The van der Waals surface area contributed by atoms with E-state index < -0.39 is 0 Å². The molecule has 84 valence electrons. The lowest BCUT2D eigenvalue weighted by Crippen LogP contribution is -2.29. The van der Waals surface area contributed by atoms with E-state index in [9.17, 15) is 0 Å². The van der Waals surface area contributed by atoms with Crippen LogP contribution in [0.4, 0.5) is 0 Å². The molecule has 0 fully saturated rings. The molecule has 3 heteroatoms. The fourth-order valence-corrected chi connectivity index (χ4v) is 1.96. The summed E-state index contributed by atoms with van der Waals surface area (Å²) >= 11 is 3.46. The first kappa shape index (κ1) is 11.6. The lowest BCUT2D eigenvalue weighted by atomic mass is 9.89. The van der Waals surface area contributed by atoms with Crippen LogP contribution in [0.3, 0.4) is 0 Å². The Bertz CT molecular complexity index is 520. The summed E-state index contributed by atoms with van der Waals surface area (Å²) in [4.78, 5) is 4.66. The number of hydrogen-bond acceptors (Lipinski definition) is 2. The molecule has 2 aromatic rings. The minimum absolute atomic E-state index is 0.0682. The first-order chi connectivity index (χ1) is 7.53. The van der Waals surface area contributed by atoms with Crippen molar-refractivity contribution >= 4 is 26.8 Å². The number of benzene rings is 1. The highest BCUT2D eigenvalue weighted by Crippen LogP contribution is 2.24. The van der Waals surface area contributed by atoms with Crippen LogP contribution in [0.15, 0.2) is 34.8 Å². The molecular weight excluding hydrogens is 264 g/mol. The summed E-state index contributed by atoms with van der Waals surface area (Å²) in [5.74, 6) is 0. The average molecular weight is 279 g/mol. The van der Waals surface area contributed by atoms with Crippen LogP contribution in [-0.2, 0) is 5.41 Å². The molecule has 1 heterocycles. The quantitative estimate of drug-likeness (QED) is 0.916. The molecule has 0 aliphatic heterocycles. The zero-order valence-electron chi connectivity index (χ0n) is 9.50. The summed E-state index contributed by atoms with van der Waals surface area (Å²) in [5.41, 5.74) is 7.75. The maximum atomic E-state index is 5.76. The van der Waals surface area contributed by atoms with E-state index in [1.807, 2.05) is 12.1 Å². The number of aromatic nitrogens is 1. The van der Waals surface area contributed by atoms with Crippen LogP contribution in [0.2, 0.25) is 0 Å². The van der Waals surface area contributed by atoms with Gasteiger partial charge in [0.1, 0.15) is 0 Å². The highest BCUT2D eigenvalue weighted by atomic mass is 79.9. The van der Waals surface area contributed by atoms with Crippen LogP contribution in [0, 0.1) is 0 Å². The van der Waals surface area contributed by atoms with Crippen LogP contribution < -0.4 is 5.73 Å². The third kappa shape index (κ3) is 2.11. The fourth-order valence-electron chi connectivity index (χ4n) is 1.58. The lowest BCUT2D eigenvalue weighted by Gasteiger charge is -2.21. The van der Waals surface area contributed by atoms with E-state index in [-0.39, 0.29) is 5.41 Å². The Morgan fingerprint density at radius 1 is 1.25 bits per heavy atom. The van der Waals surface area contributed by atoms with Gasteiger partial charge in [-0.2, -0.15) is 0 Å². The van der Waals surface area contributed by atoms with Gasteiger partial charge in [-0.3, -0.25) is 4.98 Å². The molecule has 2 nitrogen and oxygen atoms in total. The summed E-state index contributed by atoms with van der Waals surface area (Å²) < 4.78 is 1.08. The number of hydrogen-bond donors (Lipinski definition) is 1. The van der Waals surface area contributed by atoms with Crippen LogP contribution in [0.5, 0.6) is 0 Å². The number of pyridine rings is 1. The molecule has 0 saturated heterocycles. The molecule has 0 bridgehead atoms. The van der Waals surface area contributed by atoms with Crippen LogP contribution in [0.1, 0.15) is 19.5 Å². The largest absolute Gasteiger partial charge is 0.330 e. The van der Waals surface area contributed by atoms with Gasteiger partial charge in [0, 0.05) is 27.5 Å². The van der Waals surface area contributed by atoms with Gasteiger partial charge in [0.25, 0.3) is 0 Å². The van der Waals surface area contributed by atoms with Crippen molar-refractivity contribution in [2.45, 2.75) is 19.3 Å². The highest BCUT2D eigenvalue weighted by Gasteiger charge is 2.20. The molecule has 0 spiro atoms. The number of rotatable bonds is 2. The van der Waals surface area contributed by atoms with E-state index >= 15 is 0 Å². The maximum absolute atomic E-state index is 5.76. The molecule has 0 aliphatic rings. The van der Waals surface area contributed by atoms with Gasteiger partial charge in [-0.1, -0.05) is 35.8 Å². The Morgan fingerprint density at radius 3 is 2.69 bits per heavy atom. The summed E-state index contributed by atoms with van der Waals surface area (Å²) in [6.45, 7) is 4.82. The fraction of sp³-hybridized carbons (Fsp3) is 0.308. The second kappa shape index (κ2) is 4.15. The molecule has 1 aromatic carbocycles. The number of nitrogens with zero attached hydrogens (tertiary/aromatic N) is 1. The van der Waals surface area contributed by atoms with Crippen molar-refractivity contribution in [1.29, 1.82) is 0 Å². The van der Waals surface area contributed by atoms with Gasteiger partial charge >= 0.3 is 0 Å². The molecule has 0 radical (unpaired) electrons. The van der Waals surface area contributed by atoms with Crippen molar-refractivity contribution < 1.29 is 0 Å². The maximum Gasteiger partial charge on any atom is 0.0706 e. The molecule has 0 unspecified atom stereocenters. The minimum Gasteiger partial charge on any atom is -0.330 e. The van der Waals surface area contributed by atoms with Gasteiger partial charge in [0.2, 0.25) is 0 Å². The Hall–Kier alpha value is -0.930. The summed E-state index contributed by atoms with van der Waals surface area (Å²) in [6, 6.07) is 10.3. The van der Waals surface area contributed by atoms with Crippen molar-refractivity contribution in [1.82, 2.24) is 4.98 Å². The van der Waals surface area contributed by atoms with E-state index in [2.05, 4.69) is 53.0 Å². The first-order valence-corrected chi connectivity index (χ1v) is 6.09. The predicted octanol–water partition coefficient (Wildman–Crippen LogP) is 3.23. The molecule has 0 saturated carbocycles. The molecule has 16 heavy (non-hydrogen) atoms. The second-order valence-corrected chi connectivity index (χ2v) is 5.54. The summed E-state index contributed by atoms with van der Waals surface area (Å²) in [7, 11) is 0. The molecular formula is C13H15BrN2. The number of fused-ring (bicyclic) bond motifs is 1. The smallest absolute Gasteiger partial charge is 0.0706 e. The topological polar surface area (TPSA) is 38.9 Å². The second-order valence-electron chi connectivity index (χ2n) is 4.62. The van der Waals surface area contributed by atoms with Gasteiger partial charge in [0.15, 0.2) is 0 Å². The van der Waals surface area contributed by atoms with E-state index in [0.717, 1.165) is 21.1 Å². The standard InChI is InChI=1S/C13H15BrN2/c1-13(2,8-15)12-6-3-9-7-10(14)4-5-11(9)16-12/h3-7H,8,15H2,1-2H3. The van der Waals surface area contributed by atoms with Gasteiger partial charge in [-0.15, -0.1) is 0 Å². The van der Waals surface area contributed by atoms with Crippen molar-refractivity contribution in [3.63, 3.8) is 0 Å². The van der Waals surface area contributed by atoms with Crippen molar-refractivity contribution in [3.8, 4) is 0 Å². The number of halogens is 1. The molecule has 2 N–H and O–H groups in total. The van der Waals surface area contributed by atoms with E-state index in [4.69, 9.17) is 5.73 Å². The Balaban J connectivity index is 2.57. The van der Waals surface area contributed by atoms with E-state index in [1.165, 1.54) is 0 Å². The van der Waals surface area contributed by atoms with Crippen LogP contribution in [0.25, 0.3) is 10.9 Å². The molecule has 2 rings (SSSR count). The highest BCUT2D eigenvalue weighted by molar-refractivity contribution is 9.10. The van der Waals surface area contributed by atoms with Crippen LogP contribution in [-0.4, -0.2) is 11.5 Å². The molecule has 0 aliphatic carbocycles. The first-order valence-electron chi connectivity index (χ1n) is 5.30. The SMILES string of the molecule is CC(C)(CN)c1ccc2cc(Br)ccc2n1. The van der Waals surface area contributed by atoms with E-state index in [0.29, 0.717) is 6.54 Å². The average Bonchev–Trinajstić information content (AvgIpc) is 2.28. The van der Waals surface area contributed by atoms with Crippen LogP contribution >= 0.6 is 15.9 Å². The zero-order valence-corrected chi connectivity index (χ0v) is 11.1. The van der Waals surface area contributed by atoms with Crippen molar-refractivity contribution in [2.24, 2.45) is 5.73 Å². The minimum atomic E-state index is -0.0682. The van der Waals surface area contributed by atoms with Crippen molar-refractivity contribution in [2.75, 3.05) is 6.54 Å². The summed E-state index contributed by atoms with van der Waals surface area (Å²) in [6.07, 6.45) is 0. The number of nitrogens with two attached hydrogens (primary N) is 1. The summed E-state index contributed by atoms with van der Waals surface area (Å²) in [5, 5.41) is 1.14. The third-order valence-corrected chi connectivity index (χ3v) is 3.35. The Kier molecular flexibility index (Phi) is 3.00.